The summed E-state index contributed by atoms with van der Waals surface area (Å²) in [6.07, 6.45) is 1.22. The molecule has 0 saturated carbocycles. The summed E-state index contributed by atoms with van der Waals surface area (Å²) in [6.45, 7) is 4.82. The van der Waals surface area contributed by atoms with Gasteiger partial charge in [-0.15, -0.1) is 0 Å². The van der Waals surface area contributed by atoms with Crippen LogP contribution in [0.2, 0.25) is 0 Å². The Morgan fingerprint density at radius 2 is 2.00 bits per heavy atom. The van der Waals surface area contributed by atoms with Gasteiger partial charge in [0, 0.05) is 0 Å². The van der Waals surface area contributed by atoms with Crippen molar-refractivity contribution in [2.24, 2.45) is 0 Å². The van der Waals surface area contributed by atoms with Crippen LogP contribution >= 0.6 is 0 Å². The number of nitrogens with one attached hydrogen (secondary N) is 1. The average Bonchev–Trinajstić information content (AvgIpc) is 2.89. The van der Waals surface area contributed by atoms with E-state index in [0.29, 0.717) is 5.76 Å². The summed E-state index contributed by atoms with van der Waals surface area (Å²) in [6, 6.07) is -1.03. The lowest BCUT2D eigenvalue weighted by molar-refractivity contribution is -0.144. The van der Waals surface area contributed by atoms with Gasteiger partial charge >= 0.3 is 11.9 Å². The van der Waals surface area contributed by atoms with Crippen LogP contribution in [0.1, 0.15) is 30.0 Å². The van der Waals surface area contributed by atoms with Crippen molar-refractivity contribution in [3.05, 3.63) is 17.7 Å². The third-order valence-corrected chi connectivity index (χ3v) is 3.21. The largest absolute Gasteiger partial charge is 0.464 e. The van der Waals surface area contributed by atoms with Crippen molar-refractivity contribution < 1.29 is 28.6 Å². The second kappa shape index (κ2) is 7.73. The zero-order valence-corrected chi connectivity index (χ0v) is 13.7. The predicted molar refractivity (Wildman–Crippen MR) is 83.6 cm³/mol. The summed E-state index contributed by atoms with van der Waals surface area (Å²) >= 11 is 0. The molecule has 0 aliphatic carbocycles. The Labute approximate surface area is 138 Å². The van der Waals surface area contributed by atoms with Crippen molar-refractivity contribution in [2.45, 2.75) is 26.8 Å². The first-order chi connectivity index (χ1) is 11.5. The number of aliphatic hydroxyl groups excluding tert-OH is 1. The number of anilines is 1. The molecule has 130 valence electrons. The molecule has 0 radical (unpaired) electrons. The van der Waals surface area contributed by atoms with Gasteiger partial charge in [0.05, 0.1) is 25.2 Å². The van der Waals surface area contributed by atoms with Gasteiger partial charge in [-0.3, -0.25) is 0 Å². The van der Waals surface area contributed by atoms with Crippen molar-refractivity contribution in [1.82, 2.24) is 9.97 Å². The highest BCUT2D eigenvalue weighted by molar-refractivity contribution is 6.08. The highest BCUT2D eigenvalue weighted by Gasteiger charge is 2.26. The Morgan fingerprint density at radius 1 is 1.29 bits per heavy atom. The zero-order chi connectivity index (χ0) is 17.7. The molecule has 0 aliphatic rings. The SMILES string of the molecule is CCOC(=O)c1c(C)oc2ncnc(NC(CO)C(=O)OCC)c12. The number of ether oxygens (including phenoxy) is 2. The van der Waals surface area contributed by atoms with Crippen molar-refractivity contribution in [3.63, 3.8) is 0 Å². The van der Waals surface area contributed by atoms with E-state index in [2.05, 4.69) is 15.3 Å². The van der Waals surface area contributed by atoms with Crippen molar-refractivity contribution in [3.8, 4) is 0 Å². The Kier molecular flexibility index (Phi) is 5.69. The molecule has 0 aromatic carbocycles. The summed E-state index contributed by atoms with van der Waals surface area (Å²) in [7, 11) is 0. The maximum absolute atomic E-state index is 12.2. The number of carbonyl (C=O) groups excluding carboxylic acids is 2. The van der Waals surface area contributed by atoms with E-state index in [-0.39, 0.29) is 35.7 Å². The summed E-state index contributed by atoms with van der Waals surface area (Å²) in [5, 5.41) is 12.5. The first-order valence-electron chi connectivity index (χ1n) is 7.48. The number of aliphatic hydroxyl groups is 1. The zero-order valence-electron chi connectivity index (χ0n) is 13.7. The van der Waals surface area contributed by atoms with Crippen LogP contribution < -0.4 is 5.32 Å². The van der Waals surface area contributed by atoms with E-state index in [0.717, 1.165) is 0 Å². The molecule has 0 bridgehead atoms. The van der Waals surface area contributed by atoms with Gasteiger partial charge in [0.15, 0.2) is 0 Å². The number of nitrogens with zero attached hydrogens (tertiary/aromatic N) is 2. The fourth-order valence-corrected chi connectivity index (χ4v) is 2.19. The van der Waals surface area contributed by atoms with Gasteiger partial charge in [0.2, 0.25) is 5.71 Å². The fraction of sp³-hybridized carbons (Fsp3) is 0.467. The number of aryl methyl sites for hydroxylation is 1. The molecule has 2 rings (SSSR count). The minimum absolute atomic E-state index is 0.173. The minimum Gasteiger partial charge on any atom is -0.464 e. The number of rotatable bonds is 7. The smallest absolute Gasteiger partial charge is 0.342 e. The minimum atomic E-state index is -1.03. The van der Waals surface area contributed by atoms with Crippen molar-refractivity contribution in [1.29, 1.82) is 0 Å². The van der Waals surface area contributed by atoms with Gasteiger partial charge in [0.25, 0.3) is 0 Å². The normalized spacial score (nSPS) is 12.0. The molecule has 2 N–H and O–H groups in total. The van der Waals surface area contributed by atoms with E-state index in [1.54, 1.807) is 20.8 Å². The molecule has 0 saturated heterocycles. The molecular formula is C15H19N3O6. The number of furan rings is 1. The average molecular weight is 337 g/mol. The van der Waals surface area contributed by atoms with Crippen LogP contribution in [0, 0.1) is 6.92 Å². The molecule has 24 heavy (non-hydrogen) atoms. The van der Waals surface area contributed by atoms with Gasteiger partial charge in [-0.2, -0.15) is 0 Å². The summed E-state index contributed by atoms with van der Waals surface area (Å²) < 4.78 is 15.4. The monoisotopic (exact) mass is 337 g/mol. The predicted octanol–water partition coefficient (Wildman–Crippen LogP) is 1.04. The van der Waals surface area contributed by atoms with Crippen LogP contribution in [-0.4, -0.2) is 52.9 Å². The number of hydrogen-bond donors (Lipinski definition) is 2. The number of esters is 2. The molecule has 9 heteroatoms. The first kappa shape index (κ1) is 17.7. The van der Waals surface area contributed by atoms with Crippen molar-refractivity contribution >= 4 is 28.9 Å². The topological polar surface area (TPSA) is 124 Å². The maximum atomic E-state index is 12.2. The van der Waals surface area contributed by atoms with E-state index in [9.17, 15) is 14.7 Å². The number of hydrogen-bond acceptors (Lipinski definition) is 9. The molecule has 0 spiro atoms. The van der Waals surface area contributed by atoms with Crippen LogP contribution in [0.15, 0.2) is 10.7 Å². The van der Waals surface area contributed by atoms with Gasteiger partial charge < -0.3 is 24.3 Å². The van der Waals surface area contributed by atoms with Crippen LogP contribution in [0.3, 0.4) is 0 Å². The van der Waals surface area contributed by atoms with Crippen LogP contribution in [0.25, 0.3) is 11.1 Å². The molecule has 0 aliphatic heterocycles. The molecule has 0 amide bonds. The Bertz CT molecular complexity index is 742. The molecule has 0 fully saturated rings. The second-order valence-corrected chi connectivity index (χ2v) is 4.79. The van der Waals surface area contributed by atoms with Gasteiger partial charge in [-0.25, -0.2) is 19.6 Å². The van der Waals surface area contributed by atoms with Gasteiger partial charge in [-0.1, -0.05) is 0 Å². The molecule has 2 aromatic heterocycles. The van der Waals surface area contributed by atoms with Crippen LogP contribution in [0.4, 0.5) is 5.82 Å². The van der Waals surface area contributed by atoms with Gasteiger partial charge in [-0.05, 0) is 20.8 Å². The highest BCUT2D eigenvalue weighted by atomic mass is 16.5. The van der Waals surface area contributed by atoms with Crippen LogP contribution in [-0.2, 0) is 14.3 Å². The van der Waals surface area contributed by atoms with E-state index in [4.69, 9.17) is 13.9 Å². The van der Waals surface area contributed by atoms with Crippen LogP contribution in [0.5, 0.6) is 0 Å². The number of aromatic nitrogens is 2. The van der Waals surface area contributed by atoms with E-state index in [1.165, 1.54) is 6.33 Å². The Balaban J connectivity index is 2.46. The molecule has 2 heterocycles. The number of carbonyl (C=O) groups is 2. The molecule has 9 nitrogen and oxygen atoms in total. The maximum Gasteiger partial charge on any atom is 0.342 e. The standard InChI is InChI=1S/C15H19N3O6/c1-4-22-14(20)9(6-19)18-12-11-10(15(21)23-5-2)8(3)24-13(11)17-7-16-12/h7,9,19H,4-6H2,1-3H3,(H,16,17,18). The quantitative estimate of drug-likeness (QED) is 0.713. The van der Waals surface area contributed by atoms with E-state index in [1.807, 2.05) is 0 Å². The Hall–Kier alpha value is -2.68. The summed E-state index contributed by atoms with van der Waals surface area (Å²) in [4.78, 5) is 32.0. The first-order valence-corrected chi connectivity index (χ1v) is 7.48. The summed E-state index contributed by atoms with van der Waals surface area (Å²) in [5.74, 6) is -0.719. The third kappa shape index (κ3) is 3.46. The highest BCUT2D eigenvalue weighted by Crippen LogP contribution is 2.30. The Morgan fingerprint density at radius 3 is 2.62 bits per heavy atom. The molecular weight excluding hydrogens is 318 g/mol. The molecule has 1 unspecified atom stereocenters. The second-order valence-electron chi connectivity index (χ2n) is 4.79. The molecule has 2 aromatic rings. The van der Waals surface area contributed by atoms with E-state index >= 15 is 0 Å². The van der Waals surface area contributed by atoms with E-state index < -0.39 is 24.6 Å². The van der Waals surface area contributed by atoms with Crippen molar-refractivity contribution in [2.75, 3.05) is 25.1 Å². The lowest BCUT2D eigenvalue weighted by atomic mass is 10.1. The molecule has 1 atom stereocenters. The third-order valence-electron chi connectivity index (χ3n) is 3.21. The number of fused-ring (bicyclic) bond motifs is 1. The summed E-state index contributed by atoms with van der Waals surface area (Å²) in [5.41, 5.74) is 0.351. The lowest BCUT2D eigenvalue weighted by Gasteiger charge is -2.15. The lowest BCUT2D eigenvalue weighted by Crippen LogP contribution is -2.35. The fourth-order valence-electron chi connectivity index (χ4n) is 2.19. The van der Waals surface area contributed by atoms with Gasteiger partial charge in [0.1, 0.15) is 29.5 Å².